The molecule has 116 valence electrons. The summed E-state index contributed by atoms with van der Waals surface area (Å²) in [4.78, 5) is 7.24. The molecule has 21 heavy (non-hydrogen) atoms. The van der Waals surface area contributed by atoms with E-state index < -0.39 is 0 Å². The van der Waals surface area contributed by atoms with Crippen molar-refractivity contribution in [2.24, 2.45) is 5.41 Å². The fourth-order valence-electron chi connectivity index (χ4n) is 3.42. The molecule has 1 saturated carbocycles. The Kier molecular flexibility index (Phi) is 4.60. The first-order valence-corrected chi connectivity index (χ1v) is 8.62. The summed E-state index contributed by atoms with van der Waals surface area (Å²) in [5, 5.41) is 3.54. The summed E-state index contributed by atoms with van der Waals surface area (Å²) < 4.78 is 0. The standard InChI is InChI=1S/C18H29N3/c1-3-18(4-2)9-10-21(14-18)13-17-6-5-15(12-20-17)11-19-16-7-8-16/h5-6,12,16,19H,3-4,7-11,13-14H2,1-2H3. The zero-order valence-electron chi connectivity index (χ0n) is 13.6. The number of rotatable bonds is 7. The third kappa shape index (κ3) is 3.83. The maximum absolute atomic E-state index is 4.66. The van der Waals surface area contributed by atoms with Gasteiger partial charge in [0.15, 0.2) is 0 Å². The molecule has 2 aliphatic rings. The molecule has 0 spiro atoms. The van der Waals surface area contributed by atoms with Crippen molar-refractivity contribution in [1.29, 1.82) is 0 Å². The van der Waals surface area contributed by atoms with Gasteiger partial charge < -0.3 is 5.32 Å². The maximum Gasteiger partial charge on any atom is 0.0544 e. The van der Waals surface area contributed by atoms with E-state index >= 15 is 0 Å². The molecule has 0 aromatic carbocycles. The van der Waals surface area contributed by atoms with Gasteiger partial charge in [-0.15, -0.1) is 0 Å². The van der Waals surface area contributed by atoms with Crippen LogP contribution in [0.4, 0.5) is 0 Å². The van der Waals surface area contributed by atoms with E-state index in [-0.39, 0.29) is 0 Å². The van der Waals surface area contributed by atoms with E-state index in [1.54, 1.807) is 0 Å². The third-order valence-corrected chi connectivity index (χ3v) is 5.46. The minimum Gasteiger partial charge on any atom is -0.310 e. The molecule has 1 aliphatic carbocycles. The monoisotopic (exact) mass is 287 g/mol. The van der Waals surface area contributed by atoms with Crippen LogP contribution in [0.15, 0.2) is 18.3 Å². The highest BCUT2D eigenvalue weighted by Crippen LogP contribution is 2.37. The van der Waals surface area contributed by atoms with Crippen molar-refractivity contribution in [3.8, 4) is 0 Å². The number of nitrogens with one attached hydrogen (secondary N) is 1. The van der Waals surface area contributed by atoms with Gasteiger partial charge >= 0.3 is 0 Å². The lowest BCUT2D eigenvalue weighted by atomic mass is 9.82. The summed E-state index contributed by atoms with van der Waals surface area (Å²) in [6.45, 7) is 9.13. The van der Waals surface area contributed by atoms with Crippen LogP contribution in [-0.2, 0) is 13.1 Å². The average molecular weight is 287 g/mol. The molecule has 1 aromatic heterocycles. The summed E-state index contributed by atoms with van der Waals surface area (Å²) in [7, 11) is 0. The smallest absolute Gasteiger partial charge is 0.0544 e. The van der Waals surface area contributed by atoms with Crippen LogP contribution < -0.4 is 5.32 Å². The first-order valence-electron chi connectivity index (χ1n) is 8.62. The minimum atomic E-state index is 0.564. The van der Waals surface area contributed by atoms with E-state index in [9.17, 15) is 0 Å². The lowest BCUT2D eigenvalue weighted by Crippen LogP contribution is -2.26. The summed E-state index contributed by atoms with van der Waals surface area (Å²) in [6.07, 6.45) is 8.70. The average Bonchev–Trinajstić information content (AvgIpc) is 3.27. The highest BCUT2D eigenvalue weighted by Gasteiger charge is 2.34. The zero-order chi connectivity index (χ0) is 14.7. The maximum atomic E-state index is 4.66. The summed E-state index contributed by atoms with van der Waals surface area (Å²) in [6, 6.07) is 5.22. The van der Waals surface area contributed by atoms with Crippen LogP contribution in [0.25, 0.3) is 0 Å². The molecule has 1 saturated heterocycles. The van der Waals surface area contributed by atoms with Crippen molar-refractivity contribution in [2.75, 3.05) is 13.1 Å². The molecule has 0 atom stereocenters. The van der Waals surface area contributed by atoms with E-state index in [1.165, 1.54) is 56.5 Å². The minimum absolute atomic E-state index is 0.564. The fourth-order valence-corrected chi connectivity index (χ4v) is 3.42. The normalized spacial score (nSPS) is 21.8. The first-order chi connectivity index (χ1) is 10.2. The Morgan fingerprint density at radius 2 is 2.10 bits per heavy atom. The SMILES string of the molecule is CCC1(CC)CCN(Cc2ccc(CNC3CC3)cn2)C1. The largest absolute Gasteiger partial charge is 0.310 e. The van der Waals surface area contributed by atoms with Crippen molar-refractivity contribution in [3.63, 3.8) is 0 Å². The van der Waals surface area contributed by atoms with Gasteiger partial charge in [0, 0.05) is 31.9 Å². The van der Waals surface area contributed by atoms with E-state index in [2.05, 4.69) is 41.2 Å². The van der Waals surface area contributed by atoms with Crippen LogP contribution in [0.5, 0.6) is 0 Å². The van der Waals surface area contributed by atoms with Crippen LogP contribution in [0.1, 0.15) is 57.2 Å². The van der Waals surface area contributed by atoms with E-state index in [1.807, 2.05) is 6.20 Å². The zero-order valence-corrected chi connectivity index (χ0v) is 13.6. The van der Waals surface area contributed by atoms with Gasteiger partial charge in [-0.3, -0.25) is 9.88 Å². The van der Waals surface area contributed by atoms with Crippen LogP contribution in [0.3, 0.4) is 0 Å². The van der Waals surface area contributed by atoms with Gasteiger partial charge in [0.1, 0.15) is 0 Å². The van der Waals surface area contributed by atoms with Gasteiger partial charge in [0.05, 0.1) is 5.69 Å². The molecule has 1 aromatic rings. The van der Waals surface area contributed by atoms with Crippen molar-refractivity contribution in [1.82, 2.24) is 15.2 Å². The van der Waals surface area contributed by atoms with E-state index in [0.717, 1.165) is 19.1 Å². The molecule has 3 nitrogen and oxygen atoms in total. The van der Waals surface area contributed by atoms with Crippen molar-refractivity contribution < 1.29 is 0 Å². The van der Waals surface area contributed by atoms with E-state index in [0.29, 0.717) is 5.41 Å². The lowest BCUT2D eigenvalue weighted by Gasteiger charge is -2.26. The number of hydrogen-bond acceptors (Lipinski definition) is 3. The lowest BCUT2D eigenvalue weighted by molar-refractivity contribution is 0.235. The van der Waals surface area contributed by atoms with Gasteiger partial charge in [0.25, 0.3) is 0 Å². The number of aromatic nitrogens is 1. The van der Waals surface area contributed by atoms with Crippen LogP contribution in [0, 0.1) is 5.41 Å². The topological polar surface area (TPSA) is 28.2 Å². The first kappa shape index (κ1) is 15.0. The van der Waals surface area contributed by atoms with Crippen LogP contribution in [0.2, 0.25) is 0 Å². The quantitative estimate of drug-likeness (QED) is 0.833. The molecule has 0 radical (unpaired) electrons. The number of nitrogens with zero attached hydrogens (tertiary/aromatic N) is 2. The Morgan fingerprint density at radius 1 is 1.29 bits per heavy atom. The molecule has 1 aliphatic heterocycles. The second-order valence-electron chi connectivity index (χ2n) is 6.98. The molecule has 0 unspecified atom stereocenters. The summed E-state index contributed by atoms with van der Waals surface area (Å²) in [5.41, 5.74) is 3.09. The molecule has 2 heterocycles. The van der Waals surface area contributed by atoms with Crippen LogP contribution in [-0.4, -0.2) is 29.0 Å². The molecular weight excluding hydrogens is 258 g/mol. The Labute approximate surface area is 129 Å². The number of likely N-dealkylation sites (tertiary alicyclic amines) is 1. The Balaban J connectivity index is 1.50. The second kappa shape index (κ2) is 6.45. The Bertz CT molecular complexity index is 446. The predicted molar refractivity (Wildman–Crippen MR) is 87.0 cm³/mol. The molecule has 0 bridgehead atoms. The molecule has 3 rings (SSSR count). The third-order valence-electron chi connectivity index (χ3n) is 5.46. The number of hydrogen-bond donors (Lipinski definition) is 1. The predicted octanol–water partition coefficient (Wildman–Crippen LogP) is 3.35. The summed E-state index contributed by atoms with van der Waals surface area (Å²) in [5.74, 6) is 0. The Morgan fingerprint density at radius 3 is 2.67 bits per heavy atom. The van der Waals surface area contributed by atoms with Crippen LogP contribution >= 0.6 is 0 Å². The van der Waals surface area contributed by atoms with E-state index in [4.69, 9.17) is 0 Å². The van der Waals surface area contributed by atoms with Gasteiger partial charge in [-0.25, -0.2) is 0 Å². The highest BCUT2D eigenvalue weighted by atomic mass is 15.2. The molecule has 0 amide bonds. The molecule has 1 N–H and O–H groups in total. The van der Waals surface area contributed by atoms with Crippen molar-refractivity contribution in [2.45, 2.75) is 65.1 Å². The van der Waals surface area contributed by atoms with Gasteiger partial charge in [-0.05, 0) is 55.7 Å². The number of pyridine rings is 1. The fraction of sp³-hybridized carbons (Fsp3) is 0.722. The van der Waals surface area contributed by atoms with Gasteiger partial charge in [-0.1, -0.05) is 19.9 Å². The van der Waals surface area contributed by atoms with Crippen molar-refractivity contribution in [3.05, 3.63) is 29.6 Å². The second-order valence-corrected chi connectivity index (χ2v) is 6.98. The Hall–Kier alpha value is -0.930. The summed E-state index contributed by atoms with van der Waals surface area (Å²) >= 11 is 0. The highest BCUT2D eigenvalue weighted by molar-refractivity contribution is 5.14. The van der Waals surface area contributed by atoms with Gasteiger partial charge in [-0.2, -0.15) is 0 Å². The molecule has 2 fully saturated rings. The van der Waals surface area contributed by atoms with Gasteiger partial charge in [0.2, 0.25) is 0 Å². The van der Waals surface area contributed by atoms with Crippen molar-refractivity contribution >= 4 is 0 Å². The molecule has 3 heteroatoms. The molecular formula is C18H29N3.